The summed E-state index contributed by atoms with van der Waals surface area (Å²) in [6, 6.07) is -0.352. The SMILES string of the molecule is Cn1cc(-c2nc(C(N)COC3CCC3)no2)cn1. The van der Waals surface area contributed by atoms with Gasteiger partial charge < -0.3 is 15.0 Å². The fraction of sp³-hybridized carbons (Fsp3) is 0.583. The molecule has 7 heteroatoms. The van der Waals surface area contributed by atoms with Crippen molar-refractivity contribution in [3.05, 3.63) is 18.2 Å². The smallest absolute Gasteiger partial charge is 0.261 e. The van der Waals surface area contributed by atoms with E-state index < -0.39 is 0 Å². The van der Waals surface area contributed by atoms with Crippen LogP contribution in [0.5, 0.6) is 0 Å². The van der Waals surface area contributed by atoms with Crippen molar-refractivity contribution in [1.29, 1.82) is 0 Å². The van der Waals surface area contributed by atoms with E-state index in [1.54, 1.807) is 10.9 Å². The van der Waals surface area contributed by atoms with Crippen LogP contribution in [0.1, 0.15) is 31.1 Å². The molecule has 0 radical (unpaired) electrons. The van der Waals surface area contributed by atoms with E-state index in [-0.39, 0.29) is 6.04 Å². The molecule has 0 saturated heterocycles. The van der Waals surface area contributed by atoms with Crippen molar-refractivity contribution in [2.45, 2.75) is 31.4 Å². The van der Waals surface area contributed by atoms with E-state index in [2.05, 4.69) is 15.2 Å². The summed E-state index contributed by atoms with van der Waals surface area (Å²) in [5.74, 6) is 0.903. The van der Waals surface area contributed by atoms with E-state index in [1.165, 1.54) is 6.42 Å². The summed E-state index contributed by atoms with van der Waals surface area (Å²) < 4.78 is 12.5. The Morgan fingerprint density at radius 3 is 3.05 bits per heavy atom. The molecule has 0 amide bonds. The lowest BCUT2D eigenvalue weighted by atomic mass is 9.96. The molecule has 1 aliphatic rings. The van der Waals surface area contributed by atoms with Gasteiger partial charge in [0.1, 0.15) is 0 Å². The van der Waals surface area contributed by atoms with Crippen LogP contribution in [0.25, 0.3) is 11.5 Å². The molecule has 102 valence electrons. The van der Waals surface area contributed by atoms with Gasteiger partial charge in [-0.2, -0.15) is 10.1 Å². The van der Waals surface area contributed by atoms with Crippen LogP contribution < -0.4 is 5.73 Å². The lowest BCUT2D eigenvalue weighted by Gasteiger charge is -2.26. The van der Waals surface area contributed by atoms with Gasteiger partial charge in [0.2, 0.25) is 0 Å². The number of rotatable bonds is 5. The summed E-state index contributed by atoms with van der Waals surface area (Å²) in [4.78, 5) is 4.28. The highest BCUT2D eigenvalue weighted by molar-refractivity contribution is 5.49. The van der Waals surface area contributed by atoms with Crippen LogP contribution in [0.15, 0.2) is 16.9 Å². The zero-order valence-corrected chi connectivity index (χ0v) is 10.8. The Bertz CT molecular complexity index is 546. The van der Waals surface area contributed by atoms with Crippen molar-refractivity contribution in [3.8, 4) is 11.5 Å². The zero-order chi connectivity index (χ0) is 13.2. The first-order chi connectivity index (χ1) is 9.22. The summed E-state index contributed by atoms with van der Waals surface area (Å²) in [7, 11) is 1.83. The maximum atomic E-state index is 5.99. The lowest BCUT2D eigenvalue weighted by molar-refractivity contribution is -0.00549. The molecule has 2 N–H and O–H groups in total. The first-order valence-electron chi connectivity index (χ1n) is 6.42. The quantitative estimate of drug-likeness (QED) is 0.866. The van der Waals surface area contributed by atoms with Crippen LogP contribution >= 0.6 is 0 Å². The zero-order valence-electron chi connectivity index (χ0n) is 10.8. The van der Waals surface area contributed by atoms with Crippen molar-refractivity contribution in [1.82, 2.24) is 19.9 Å². The Hall–Kier alpha value is -1.73. The maximum absolute atomic E-state index is 5.99. The normalized spacial score (nSPS) is 17.4. The second-order valence-corrected chi connectivity index (χ2v) is 4.85. The molecular formula is C12H17N5O2. The fourth-order valence-corrected chi connectivity index (χ4v) is 1.89. The molecule has 3 rings (SSSR count). The first kappa shape index (κ1) is 12.3. The molecule has 2 aromatic rings. The van der Waals surface area contributed by atoms with Crippen molar-refractivity contribution in [2.24, 2.45) is 12.8 Å². The highest BCUT2D eigenvalue weighted by atomic mass is 16.5. The Kier molecular flexibility index (Phi) is 3.31. The first-order valence-corrected chi connectivity index (χ1v) is 6.42. The van der Waals surface area contributed by atoms with E-state index in [1.807, 2.05) is 13.2 Å². The molecule has 0 aliphatic heterocycles. The standard InChI is InChI=1S/C12H17N5O2/c1-17-6-8(5-14-17)12-15-11(16-19-12)10(13)7-18-9-3-2-4-9/h5-6,9-10H,2-4,7,13H2,1H3. The second-order valence-electron chi connectivity index (χ2n) is 4.85. The number of hydrogen-bond acceptors (Lipinski definition) is 6. The minimum atomic E-state index is -0.352. The van der Waals surface area contributed by atoms with E-state index in [9.17, 15) is 0 Å². The van der Waals surface area contributed by atoms with Gasteiger partial charge in [0.15, 0.2) is 5.82 Å². The van der Waals surface area contributed by atoms with Crippen LogP contribution in [-0.4, -0.2) is 32.6 Å². The predicted octanol–water partition coefficient (Wildman–Crippen LogP) is 1.04. The predicted molar refractivity (Wildman–Crippen MR) is 67.0 cm³/mol. The highest BCUT2D eigenvalue weighted by Crippen LogP contribution is 2.23. The number of aromatic nitrogens is 4. The Morgan fingerprint density at radius 2 is 2.42 bits per heavy atom. The molecular weight excluding hydrogens is 246 g/mol. The van der Waals surface area contributed by atoms with Gasteiger partial charge in [-0.3, -0.25) is 4.68 Å². The second kappa shape index (κ2) is 5.10. The summed E-state index contributed by atoms with van der Waals surface area (Å²) in [6.45, 7) is 0.427. The third kappa shape index (κ3) is 2.66. The van der Waals surface area contributed by atoms with Gasteiger partial charge in [-0.25, -0.2) is 0 Å². The molecule has 1 aliphatic carbocycles. The number of nitrogens with zero attached hydrogens (tertiary/aromatic N) is 4. The molecule has 2 aromatic heterocycles. The van der Waals surface area contributed by atoms with Crippen LogP contribution in [0.3, 0.4) is 0 Å². The van der Waals surface area contributed by atoms with E-state index >= 15 is 0 Å². The van der Waals surface area contributed by atoms with Gasteiger partial charge in [0, 0.05) is 13.2 Å². The molecule has 2 heterocycles. The van der Waals surface area contributed by atoms with Crippen molar-refractivity contribution >= 4 is 0 Å². The molecule has 1 fully saturated rings. The molecule has 1 atom stereocenters. The van der Waals surface area contributed by atoms with Crippen molar-refractivity contribution in [2.75, 3.05) is 6.61 Å². The summed E-state index contributed by atoms with van der Waals surface area (Å²) in [5.41, 5.74) is 6.77. The molecule has 0 aromatic carbocycles. The minimum absolute atomic E-state index is 0.352. The van der Waals surface area contributed by atoms with Gasteiger partial charge in [-0.05, 0) is 19.3 Å². The molecule has 1 unspecified atom stereocenters. The minimum Gasteiger partial charge on any atom is -0.376 e. The van der Waals surface area contributed by atoms with E-state index in [0.717, 1.165) is 18.4 Å². The molecule has 7 nitrogen and oxygen atoms in total. The van der Waals surface area contributed by atoms with Crippen LogP contribution in [0.4, 0.5) is 0 Å². The van der Waals surface area contributed by atoms with Gasteiger partial charge in [-0.15, -0.1) is 0 Å². The Balaban J connectivity index is 1.63. The Morgan fingerprint density at radius 1 is 1.58 bits per heavy atom. The third-order valence-corrected chi connectivity index (χ3v) is 3.29. The summed E-state index contributed by atoms with van der Waals surface area (Å²) in [6.07, 6.45) is 7.34. The lowest BCUT2D eigenvalue weighted by Crippen LogP contribution is -2.27. The largest absolute Gasteiger partial charge is 0.376 e. The van der Waals surface area contributed by atoms with Gasteiger partial charge in [0.05, 0.1) is 30.5 Å². The van der Waals surface area contributed by atoms with E-state index in [0.29, 0.717) is 24.4 Å². The summed E-state index contributed by atoms with van der Waals surface area (Å²) in [5, 5.41) is 7.95. The highest BCUT2D eigenvalue weighted by Gasteiger charge is 2.21. The number of hydrogen-bond donors (Lipinski definition) is 1. The summed E-state index contributed by atoms with van der Waals surface area (Å²) >= 11 is 0. The number of ether oxygens (including phenoxy) is 1. The van der Waals surface area contributed by atoms with Crippen molar-refractivity contribution in [3.63, 3.8) is 0 Å². The van der Waals surface area contributed by atoms with Crippen molar-refractivity contribution < 1.29 is 9.26 Å². The molecule has 19 heavy (non-hydrogen) atoms. The van der Waals surface area contributed by atoms with Gasteiger partial charge >= 0.3 is 0 Å². The number of aryl methyl sites for hydroxylation is 1. The molecule has 0 bridgehead atoms. The van der Waals surface area contributed by atoms with Crippen LogP contribution in [-0.2, 0) is 11.8 Å². The Labute approximate surface area is 110 Å². The van der Waals surface area contributed by atoms with Gasteiger partial charge in [0.25, 0.3) is 5.89 Å². The van der Waals surface area contributed by atoms with E-state index in [4.69, 9.17) is 15.0 Å². The number of nitrogens with two attached hydrogens (primary N) is 1. The van der Waals surface area contributed by atoms with Crippen LogP contribution in [0.2, 0.25) is 0 Å². The van der Waals surface area contributed by atoms with Gasteiger partial charge in [-0.1, -0.05) is 5.16 Å². The molecule has 0 spiro atoms. The maximum Gasteiger partial charge on any atom is 0.261 e. The topological polar surface area (TPSA) is 92.0 Å². The third-order valence-electron chi connectivity index (χ3n) is 3.29. The average Bonchev–Trinajstić information content (AvgIpc) is 2.94. The van der Waals surface area contributed by atoms with Crippen LogP contribution in [0, 0.1) is 0 Å². The monoisotopic (exact) mass is 263 g/mol. The average molecular weight is 263 g/mol. The molecule has 1 saturated carbocycles. The fourth-order valence-electron chi connectivity index (χ4n) is 1.89.